The quantitative estimate of drug-likeness (QED) is 0.150. The van der Waals surface area contributed by atoms with Gasteiger partial charge in [-0.25, -0.2) is 13.8 Å². The number of carbonyl (C=O) groups is 2. The first-order chi connectivity index (χ1) is 21.7. The van der Waals surface area contributed by atoms with Crippen molar-refractivity contribution in [2.75, 3.05) is 24.1 Å². The largest absolute Gasteiger partial charge is 0.494 e. The van der Waals surface area contributed by atoms with E-state index in [1.54, 1.807) is 60.7 Å². The molecule has 0 aromatic heterocycles. The van der Waals surface area contributed by atoms with Crippen molar-refractivity contribution in [1.29, 1.82) is 0 Å². The predicted octanol–water partition coefficient (Wildman–Crippen LogP) is 5.00. The minimum atomic E-state index is -4.07. The molecule has 0 aliphatic heterocycles. The molecule has 2 N–H and O–H groups in total. The monoisotopic (exact) mass is 628 g/mol. The van der Waals surface area contributed by atoms with E-state index in [9.17, 15) is 18.0 Å². The Morgan fingerprint density at radius 1 is 0.844 bits per heavy atom. The molecule has 0 aliphatic carbocycles. The molecule has 0 bridgehead atoms. The molecule has 0 fully saturated rings. The van der Waals surface area contributed by atoms with Crippen molar-refractivity contribution >= 4 is 33.7 Å². The van der Waals surface area contributed by atoms with Gasteiger partial charge in [0.15, 0.2) is 6.61 Å². The van der Waals surface area contributed by atoms with Gasteiger partial charge < -0.3 is 14.8 Å². The molecule has 0 saturated heterocycles. The summed E-state index contributed by atoms with van der Waals surface area (Å²) in [6.45, 7) is 5.44. The highest BCUT2D eigenvalue weighted by Gasteiger charge is 2.27. The molecule has 45 heavy (non-hydrogen) atoms. The Labute approximate surface area is 263 Å². The number of carbonyl (C=O) groups excluding carboxylic acids is 2. The SMILES string of the molecule is CCOc1ccc(N(CC(=O)N/N=C\c2ccc(OCC(=O)N[C@H](C)c3ccccc3)cc2)S(=O)(=O)c2ccc(C)cc2)cc1. The van der Waals surface area contributed by atoms with Crippen LogP contribution in [-0.2, 0) is 19.6 Å². The normalized spacial score (nSPS) is 11.9. The Morgan fingerprint density at radius 2 is 1.47 bits per heavy atom. The summed E-state index contributed by atoms with van der Waals surface area (Å²) in [4.78, 5) is 25.2. The van der Waals surface area contributed by atoms with Crippen molar-refractivity contribution in [3.8, 4) is 11.5 Å². The van der Waals surface area contributed by atoms with E-state index in [-0.39, 0.29) is 23.5 Å². The summed E-state index contributed by atoms with van der Waals surface area (Å²) in [6.07, 6.45) is 1.42. The number of anilines is 1. The summed E-state index contributed by atoms with van der Waals surface area (Å²) >= 11 is 0. The molecule has 11 heteroatoms. The predicted molar refractivity (Wildman–Crippen MR) is 174 cm³/mol. The van der Waals surface area contributed by atoms with E-state index in [0.717, 1.165) is 15.4 Å². The highest BCUT2D eigenvalue weighted by atomic mass is 32.2. The number of nitrogens with one attached hydrogen (secondary N) is 2. The molecule has 1 atom stereocenters. The highest BCUT2D eigenvalue weighted by Crippen LogP contribution is 2.26. The fourth-order valence-electron chi connectivity index (χ4n) is 4.28. The number of hydrogen-bond acceptors (Lipinski definition) is 7. The van der Waals surface area contributed by atoms with Crippen molar-refractivity contribution in [3.63, 3.8) is 0 Å². The number of hydrogen-bond donors (Lipinski definition) is 2. The van der Waals surface area contributed by atoms with Crippen molar-refractivity contribution in [1.82, 2.24) is 10.7 Å². The summed E-state index contributed by atoms with van der Waals surface area (Å²) in [5, 5.41) is 6.88. The summed E-state index contributed by atoms with van der Waals surface area (Å²) < 4.78 is 39.2. The van der Waals surface area contributed by atoms with Crippen LogP contribution >= 0.6 is 0 Å². The number of ether oxygens (including phenoxy) is 2. The van der Waals surface area contributed by atoms with Crippen molar-refractivity contribution < 1.29 is 27.5 Å². The van der Waals surface area contributed by atoms with Crippen LogP contribution in [-0.4, -0.2) is 46.2 Å². The van der Waals surface area contributed by atoms with E-state index >= 15 is 0 Å². The Hall–Kier alpha value is -5.16. The second-order valence-corrected chi connectivity index (χ2v) is 12.0. The highest BCUT2D eigenvalue weighted by molar-refractivity contribution is 7.92. The van der Waals surface area contributed by atoms with Gasteiger partial charge in [0.25, 0.3) is 21.8 Å². The van der Waals surface area contributed by atoms with E-state index < -0.39 is 22.5 Å². The molecule has 4 aromatic rings. The van der Waals surface area contributed by atoms with E-state index in [4.69, 9.17) is 9.47 Å². The van der Waals surface area contributed by atoms with E-state index in [0.29, 0.717) is 29.4 Å². The van der Waals surface area contributed by atoms with Crippen LogP contribution in [0.25, 0.3) is 0 Å². The van der Waals surface area contributed by atoms with Gasteiger partial charge in [-0.3, -0.25) is 13.9 Å². The summed E-state index contributed by atoms with van der Waals surface area (Å²) in [5.41, 5.74) is 5.26. The number of amides is 2. The van der Waals surface area contributed by atoms with Crippen molar-refractivity contribution in [3.05, 3.63) is 120 Å². The lowest BCUT2D eigenvalue weighted by Gasteiger charge is -2.24. The van der Waals surface area contributed by atoms with Gasteiger partial charge in [0.05, 0.1) is 29.4 Å². The third kappa shape index (κ3) is 9.41. The molecule has 0 radical (unpaired) electrons. The number of sulfonamides is 1. The molecule has 0 spiro atoms. The fraction of sp³-hybridized carbons (Fsp3) is 0.206. The number of rotatable bonds is 14. The molecule has 0 aliphatic rings. The Balaban J connectivity index is 1.35. The van der Waals surface area contributed by atoms with Gasteiger partial charge in [-0.15, -0.1) is 0 Å². The molecule has 4 rings (SSSR count). The topological polar surface area (TPSA) is 126 Å². The average molecular weight is 629 g/mol. The van der Waals surface area contributed by atoms with Gasteiger partial charge in [0.2, 0.25) is 0 Å². The van der Waals surface area contributed by atoms with Crippen molar-refractivity contribution in [2.24, 2.45) is 5.10 Å². The Morgan fingerprint density at radius 3 is 2.11 bits per heavy atom. The summed E-state index contributed by atoms with van der Waals surface area (Å²) in [7, 11) is -4.07. The molecule has 4 aromatic carbocycles. The third-order valence-corrected chi connectivity index (χ3v) is 8.45. The second-order valence-electron chi connectivity index (χ2n) is 10.1. The van der Waals surface area contributed by atoms with Crippen LogP contribution in [0.5, 0.6) is 11.5 Å². The standard InChI is InChI=1S/C34H36N4O6S/c1-4-43-30-18-14-29(15-19-30)38(45(41,42)32-20-10-25(2)11-21-32)23-33(39)37-35-22-27-12-16-31(17-13-27)44-24-34(40)36-26(3)28-8-6-5-7-9-28/h5-22,26H,4,23-24H2,1-3H3,(H,36,40)(H,37,39)/b35-22-/t26-/m1/s1. The molecular formula is C34H36N4O6S. The first kappa shape index (κ1) is 32.7. The lowest BCUT2D eigenvalue weighted by Crippen LogP contribution is -2.39. The Bertz CT molecular complexity index is 1690. The van der Waals surface area contributed by atoms with Crippen LogP contribution in [0.2, 0.25) is 0 Å². The molecule has 234 valence electrons. The number of benzene rings is 4. The van der Waals surface area contributed by atoms with Gasteiger partial charge in [-0.05, 0) is 92.6 Å². The number of nitrogens with zero attached hydrogens (tertiary/aromatic N) is 2. The van der Waals surface area contributed by atoms with Crippen LogP contribution in [0.3, 0.4) is 0 Å². The van der Waals surface area contributed by atoms with Gasteiger partial charge in [-0.2, -0.15) is 5.10 Å². The second kappa shape index (κ2) is 15.5. The first-order valence-corrected chi connectivity index (χ1v) is 15.8. The van der Waals surface area contributed by atoms with Crippen LogP contribution in [0.4, 0.5) is 5.69 Å². The van der Waals surface area contributed by atoms with Crippen LogP contribution in [0.15, 0.2) is 113 Å². The van der Waals surface area contributed by atoms with Crippen LogP contribution in [0, 0.1) is 6.92 Å². The lowest BCUT2D eigenvalue weighted by molar-refractivity contribution is -0.123. The zero-order valence-corrected chi connectivity index (χ0v) is 26.2. The first-order valence-electron chi connectivity index (χ1n) is 14.4. The van der Waals surface area contributed by atoms with Gasteiger partial charge in [0.1, 0.15) is 18.0 Å². The molecule has 0 heterocycles. The van der Waals surface area contributed by atoms with E-state index in [2.05, 4.69) is 15.8 Å². The van der Waals surface area contributed by atoms with Crippen LogP contribution < -0.4 is 24.5 Å². The van der Waals surface area contributed by atoms with E-state index in [1.807, 2.05) is 51.1 Å². The maximum Gasteiger partial charge on any atom is 0.264 e. The molecule has 0 saturated carbocycles. The maximum atomic E-state index is 13.6. The lowest BCUT2D eigenvalue weighted by atomic mass is 10.1. The van der Waals surface area contributed by atoms with Gasteiger partial charge >= 0.3 is 0 Å². The number of hydrazone groups is 1. The molecule has 2 amide bonds. The third-order valence-electron chi connectivity index (χ3n) is 6.66. The zero-order chi connectivity index (χ0) is 32.2. The average Bonchev–Trinajstić information content (AvgIpc) is 3.04. The summed E-state index contributed by atoms with van der Waals surface area (Å²) in [5.74, 6) is 0.196. The van der Waals surface area contributed by atoms with Gasteiger partial charge in [-0.1, -0.05) is 48.0 Å². The minimum Gasteiger partial charge on any atom is -0.494 e. The summed E-state index contributed by atoms with van der Waals surface area (Å²) in [6, 6.07) is 29.2. The maximum absolute atomic E-state index is 13.6. The minimum absolute atomic E-state index is 0.0591. The smallest absolute Gasteiger partial charge is 0.264 e. The van der Waals surface area contributed by atoms with Gasteiger partial charge in [0, 0.05) is 0 Å². The van der Waals surface area contributed by atoms with Crippen molar-refractivity contribution in [2.45, 2.75) is 31.7 Å². The zero-order valence-electron chi connectivity index (χ0n) is 25.3. The molecule has 0 unspecified atom stereocenters. The fourth-order valence-corrected chi connectivity index (χ4v) is 5.70. The molecular weight excluding hydrogens is 592 g/mol. The van der Waals surface area contributed by atoms with Crippen LogP contribution in [0.1, 0.15) is 36.6 Å². The number of aryl methyl sites for hydroxylation is 1. The molecule has 10 nitrogen and oxygen atoms in total. The Kier molecular flexibility index (Phi) is 11.3. The van der Waals surface area contributed by atoms with E-state index in [1.165, 1.54) is 18.3 Å².